The summed E-state index contributed by atoms with van der Waals surface area (Å²) in [5.74, 6) is -0.194. The van der Waals surface area contributed by atoms with Gasteiger partial charge in [-0.2, -0.15) is 0 Å². The van der Waals surface area contributed by atoms with Crippen LogP contribution in [-0.4, -0.2) is 0 Å². The molecule has 0 nitrogen and oxygen atoms in total. The summed E-state index contributed by atoms with van der Waals surface area (Å²) < 4.78 is 14.8. The third kappa shape index (κ3) is 7.20. The summed E-state index contributed by atoms with van der Waals surface area (Å²) in [5.41, 5.74) is 24.0. The van der Waals surface area contributed by atoms with Crippen LogP contribution >= 0.6 is 0 Å². The number of hydrogen-bond acceptors (Lipinski definition) is 0. The Morgan fingerprint density at radius 2 is 0.424 bits per heavy atom. The van der Waals surface area contributed by atoms with E-state index in [1.54, 1.807) is 12.1 Å². The summed E-state index contributed by atoms with van der Waals surface area (Å²) >= 11 is 0. The maximum atomic E-state index is 14.8. The van der Waals surface area contributed by atoms with Crippen LogP contribution in [0.15, 0.2) is 273 Å². The quantitative estimate of drug-likeness (QED) is 0.146. The van der Waals surface area contributed by atoms with Crippen LogP contribution in [0.2, 0.25) is 0 Å². The van der Waals surface area contributed by atoms with Gasteiger partial charge in [0.05, 0.1) is 0 Å². The topological polar surface area (TPSA) is 0 Å². The third-order valence-corrected chi connectivity index (χ3v) is 19.5. The van der Waals surface area contributed by atoms with Gasteiger partial charge in [0.15, 0.2) is 0 Å². The molecule has 0 bridgehead atoms. The molecule has 2 aliphatic rings. The van der Waals surface area contributed by atoms with Crippen molar-refractivity contribution < 1.29 is 4.39 Å². The molecule has 400 valence electrons. The summed E-state index contributed by atoms with van der Waals surface area (Å²) in [6.45, 7) is 9.31. The number of rotatable bonds is 6. The second-order valence-corrected chi connectivity index (χ2v) is 24.7. The lowest BCUT2D eigenvalue weighted by atomic mass is 9.78. The molecule has 0 aromatic heterocycles. The van der Waals surface area contributed by atoms with Crippen LogP contribution in [0.1, 0.15) is 49.9 Å². The molecule has 0 atom stereocenters. The van der Waals surface area contributed by atoms with E-state index in [1.165, 1.54) is 165 Å². The van der Waals surface area contributed by atoms with Crippen molar-refractivity contribution in [2.75, 3.05) is 0 Å². The van der Waals surface area contributed by atoms with E-state index in [2.05, 4.69) is 282 Å². The van der Waals surface area contributed by atoms with Gasteiger partial charge in [-0.15, -0.1) is 0 Å². The van der Waals surface area contributed by atoms with Crippen LogP contribution < -0.4 is 0 Å². The molecule has 0 aliphatic heterocycles. The van der Waals surface area contributed by atoms with E-state index in [4.69, 9.17) is 0 Å². The molecular formula is C84H57F. The smallest absolute Gasteiger partial charge is 0.123 e. The van der Waals surface area contributed by atoms with E-state index in [1.807, 2.05) is 6.07 Å². The Morgan fingerprint density at radius 3 is 0.741 bits per heavy atom. The van der Waals surface area contributed by atoms with Gasteiger partial charge in [-0.1, -0.05) is 270 Å². The molecule has 0 spiro atoms. The Bertz CT molecular complexity index is 5180. The second kappa shape index (κ2) is 18.4. The SMILES string of the molecule is CC1(C)c2cc(F)ccc2-c2ccc(-c3c4ccccc4c(-c4c5ccccc5c(-c5ccc6c(c5)C(C)(C)c5cc(-c7c8ccccc8c(-c8ccc(-c9ccccc9)cc8)c8ccccc78)ccc5-6)c5ccccc45)c4ccccc34)cc21. The molecule has 15 aromatic rings. The lowest BCUT2D eigenvalue weighted by molar-refractivity contribution is 0.609. The fourth-order valence-electron chi connectivity index (χ4n) is 15.5. The first-order valence-electron chi connectivity index (χ1n) is 29.8. The molecule has 15 aromatic carbocycles. The molecule has 0 N–H and O–H groups in total. The van der Waals surface area contributed by atoms with Crippen LogP contribution in [0, 0.1) is 5.82 Å². The maximum absolute atomic E-state index is 14.8. The molecule has 0 radical (unpaired) electrons. The Labute approximate surface area is 494 Å². The number of halogens is 1. The lowest BCUT2D eigenvalue weighted by Gasteiger charge is -2.25. The van der Waals surface area contributed by atoms with E-state index in [0.29, 0.717) is 0 Å². The van der Waals surface area contributed by atoms with Gasteiger partial charge in [0.1, 0.15) is 5.82 Å². The third-order valence-electron chi connectivity index (χ3n) is 19.5. The predicted octanol–water partition coefficient (Wildman–Crippen LogP) is 23.4. The minimum absolute atomic E-state index is 0.194. The molecule has 0 heterocycles. The van der Waals surface area contributed by atoms with Crippen LogP contribution in [0.25, 0.3) is 154 Å². The van der Waals surface area contributed by atoms with Crippen LogP contribution in [0.3, 0.4) is 0 Å². The van der Waals surface area contributed by atoms with Crippen molar-refractivity contribution in [3.8, 4) is 89.0 Å². The van der Waals surface area contributed by atoms with E-state index < -0.39 is 0 Å². The Balaban J connectivity index is 0.806. The van der Waals surface area contributed by atoms with Crippen LogP contribution in [-0.2, 0) is 10.8 Å². The molecule has 85 heavy (non-hydrogen) atoms. The highest BCUT2D eigenvalue weighted by Gasteiger charge is 2.38. The van der Waals surface area contributed by atoms with Gasteiger partial charge in [-0.25, -0.2) is 4.39 Å². The number of hydrogen-bond donors (Lipinski definition) is 0. The van der Waals surface area contributed by atoms with Gasteiger partial charge < -0.3 is 0 Å². The molecule has 1 heteroatoms. The summed E-state index contributed by atoms with van der Waals surface area (Å²) in [6, 6.07) is 101. The van der Waals surface area contributed by atoms with Gasteiger partial charge in [-0.05, 0) is 206 Å². The van der Waals surface area contributed by atoms with Gasteiger partial charge in [0.2, 0.25) is 0 Å². The lowest BCUT2D eigenvalue weighted by Crippen LogP contribution is -2.15. The fourth-order valence-corrected chi connectivity index (χ4v) is 15.5. The van der Waals surface area contributed by atoms with Gasteiger partial charge in [-0.3, -0.25) is 0 Å². The molecule has 2 aliphatic carbocycles. The van der Waals surface area contributed by atoms with Crippen molar-refractivity contribution in [1.29, 1.82) is 0 Å². The minimum Gasteiger partial charge on any atom is -0.207 e. The zero-order chi connectivity index (χ0) is 56.9. The monoisotopic (exact) mass is 1080 g/mol. The normalized spacial score (nSPS) is 13.7. The van der Waals surface area contributed by atoms with E-state index in [-0.39, 0.29) is 16.6 Å². The molecule has 0 saturated heterocycles. The van der Waals surface area contributed by atoms with Crippen LogP contribution in [0.4, 0.5) is 4.39 Å². The largest absolute Gasteiger partial charge is 0.207 e. The summed E-state index contributed by atoms with van der Waals surface area (Å²) in [4.78, 5) is 0. The first kappa shape index (κ1) is 49.4. The average Bonchev–Trinajstić information content (AvgIpc) is 1.73. The van der Waals surface area contributed by atoms with Crippen molar-refractivity contribution >= 4 is 64.6 Å². The summed E-state index contributed by atoms with van der Waals surface area (Å²) in [6.07, 6.45) is 0. The molecule has 0 amide bonds. The van der Waals surface area contributed by atoms with Gasteiger partial charge in [0.25, 0.3) is 0 Å². The number of benzene rings is 15. The minimum atomic E-state index is -0.353. The standard InChI is InChI=1S/C84H57F/c1-83(2)73-46-53(78-63-24-10-8-22-61(63)77(62-23-9-11-25-64(62)78)52-36-34-51(35-37-52)50-20-6-5-7-21-50)38-42-57(73)58-43-39-54(47-74(58)83)79-65-26-12-16-30-69(65)81(70-31-17-13-27-66(70)79)82-71-32-18-14-28-67(71)80(68-29-15-19-33-72(68)82)55-40-44-59-60-45-41-56(85)49-76(60)84(3,4)75(59)48-55/h5-49H,1-4H3. The Kier molecular flexibility index (Phi) is 10.7. The van der Waals surface area contributed by atoms with E-state index in [0.717, 1.165) is 11.1 Å². The van der Waals surface area contributed by atoms with Gasteiger partial charge >= 0.3 is 0 Å². The fraction of sp³-hybridized carbons (Fsp3) is 0.0714. The maximum Gasteiger partial charge on any atom is 0.123 e. The molecular weight excluding hydrogens is 1030 g/mol. The van der Waals surface area contributed by atoms with Crippen molar-refractivity contribution in [2.45, 2.75) is 38.5 Å². The highest BCUT2D eigenvalue weighted by Crippen LogP contribution is 2.56. The van der Waals surface area contributed by atoms with Crippen molar-refractivity contribution in [3.05, 3.63) is 301 Å². The molecule has 17 rings (SSSR count). The summed E-state index contributed by atoms with van der Waals surface area (Å²) in [5, 5.41) is 14.8. The molecule has 0 unspecified atom stereocenters. The second-order valence-electron chi connectivity index (χ2n) is 24.7. The zero-order valence-corrected chi connectivity index (χ0v) is 47.9. The highest BCUT2D eigenvalue weighted by molar-refractivity contribution is 6.30. The van der Waals surface area contributed by atoms with E-state index in [9.17, 15) is 4.39 Å². The molecule has 0 fully saturated rings. The van der Waals surface area contributed by atoms with Crippen molar-refractivity contribution in [1.82, 2.24) is 0 Å². The first-order chi connectivity index (χ1) is 41.6. The van der Waals surface area contributed by atoms with Crippen LogP contribution in [0.5, 0.6) is 0 Å². The summed E-state index contributed by atoms with van der Waals surface area (Å²) in [7, 11) is 0. The van der Waals surface area contributed by atoms with E-state index >= 15 is 0 Å². The first-order valence-corrected chi connectivity index (χ1v) is 29.8. The zero-order valence-electron chi connectivity index (χ0n) is 47.9. The van der Waals surface area contributed by atoms with Crippen molar-refractivity contribution in [2.24, 2.45) is 0 Å². The Hall–Kier alpha value is -10.2. The van der Waals surface area contributed by atoms with Crippen molar-refractivity contribution in [3.63, 3.8) is 0 Å². The highest BCUT2D eigenvalue weighted by atomic mass is 19.1. The average molecular weight is 1090 g/mol. The Morgan fingerprint density at radius 1 is 0.200 bits per heavy atom. The molecule has 0 saturated carbocycles. The van der Waals surface area contributed by atoms with Gasteiger partial charge in [0, 0.05) is 10.8 Å². The predicted molar refractivity (Wildman–Crippen MR) is 359 cm³/mol. The number of fused-ring (bicyclic) bond motifs is 12.